The monoisotopic (exact) mass is 391 g/mol. The summed E-state index contributed by atoms with van der Waals surface area (Å²) in [7, 11) is 0. The largest absolute Gasteiger partial charge is 0.388 e. The van der Waals surface area contributed by atoms with E-state index in [2.05, 4.69) is 45.0 Å². The quantitative estimate of drug-likeness (QED) is 0.387. The predicted molar refractivity (Wildman–Crippen MR) is 117 cm³/mol. The van der Waals surface area contributed by atoms with E-state index in [0.29, 0.717) is 13.0 Å². The number of aliphatic hydroxyl groups excluding tert-OH is 1. The van der Waals surface area contributed by atoms with Crippen molar-refractivity contribution in [2.24, 2.45) is 4.99 Å². The van der Waals surface area contributed by atoms with Gasteiger partial charge in [-0.25, -0.2) is 4.68 Å². The van der Waals surface area contributed by atoms with Gasteiger partial charge >= 0.3 is 0 Å². The van der Waals surface area contributed by atoms with Crippen LogP contribution in [-0.2, 0) is 6.42 Å². The fourth-order valence-corrected chi connectivity index (χ4v) is 3.04. The zero-order valence-corrected chi connectivity index (χ0v) is 16.8. The Morgan fingerprint density at radius 1 is 1.07 bits per heavy atom. The molecule has 0 amide bonds. The van der Waals surface area contributed by atoms with Crippen LogP contribution in [0.3, 0.4) is 0 Å². The van der Waals surface area contributed by atoms with Crippen LogP contribution in [0.2, 0.25) is 0 Å². The summed E-state index contributed by atoms with van der Waals surface area (Å²) in [5.74, 6) is 0.779. The molecule has 0 spiro atoms. The highest BCUT2D eigenvalue weighted by Crippen LogP contribution is 2.15. The first-order valence-corrected chi connectivity index (χ1v) is 10.1. The summed E-state index contributed by atoms with van der Waals surface area (Å²) in [6.45, 7) is 4.19. The van der Waals surface area contributed by atoms with Crippen LogP contribution >= 0.6 is 0 Å². The third-order valence-electron chi connectivity index (χ3n) is 4.61. The molecule has 1 heterocycles. The number of hydrogen-bond donors (Lipinski definition) is 3. The summed E-state index contributed by atoms with van der Waals surface area (Å²) in [5.41, 5.74) is 3.24. The van der Waals surface area contributed by atoms with Crippen molar-refractivity contribution in [1.29, 1.82) is 0 Å². The fraction of sp³-hybridized carbons (Fsp3) is 0.304. The molecule has 1 unspecified atom stereocenters. The molecule has 0 saturated carbocycles. The summed E-state index contributed by atoms with van der Waals surface area (Å²) in [6.07, 6.45) is 4.71. The molecule has 0 aliphatic carbocycles. The molecular formula is C23H29N5O. The van der Waals surface area contributed by atoms with Crippen LogP contribution < -0.4 is 10.6 Å². The van der Waals surface area contributed by atoms with Gasteiger partial charge in [0.25, 0.3) is 0 Å². The van der Waals surface area contributed by atoms with Crippen molar-refractivity contribution in [1.82, 2.24) is 20.4 Å². The Morgan fingerprint density at radius 3 is 2.55 bits per heavy atom. The molecule has 0 radical (unpaired) electrons. The number of guanidine groups is 1. The fourth-order valence-electron chi connectivity index (χ4n) is 3.04. The van der Waals surface area contributed by atoms with Crippen LogP contribution in [0.25, 0.3) is 5.69 Å². The molecule has 1 atom stereocenters. The minimum absolute atomic E-state index is 0.490. The van der Waals surface area contributed by atoms with Gasteiger partial charge in [0.15, 0.2) is 5.96 Å². The number of nitrogens with one attached hydrogen (secondary N) is 2. The minimum atomic E-state index is -0.490. The van der Waals surface area contributed by atoms with Gasteiger partial charge < -0.3 is 15.7 Å². The van der Waals surface area contributed by atoms with E-state index < -0.39 is 6.10 Å². The van der Waals surface area contributed by atoms with E-state index in [0.717, 1.165) is 36.7 Å². The van der Waals surface area contributed by atoms with Crippen molar-refractivity contribution in [3.63, 3.8) is 0 Å². The summed E-state index contributed by atoms with van der Waals surface area (Å²) in [4.78, 5) is 4.58. The molecule has 2 aromatic carbocycles. The lowest BCUT2D eigenvalue weighted by atomic mass is 10.1. The van der Waals surface area contributed by atoms with Crippen molar-refractivity contribution in [3.05, 3.63) is 84.2 Å². The molecule has 0 aliphatic rings. The van der Waals surface area contributed by atoms with E-state index in [1.165, 1.54) is 5.56 Å². The van der Waals surface area contributed by atoms with Crippen LogP contribution in [0.15, 0.2) is 78.0 Å². The van der Waals surface area contributed by atoms with E-state index >= 15 is 0 Å². The lowest BCUT2D eigenvalue weighted by Crippen LogP contribution is -2.38. The average Bonchev–Trinajstić information content (AvgIpc) is 3.30. The van der Waals surface area contributed by atoms with E-state index in [4.69, 9.17) is 0 Å². The smallest absolute Gasteiger partial charge is 0.191 e. The number of nitrogens with zero attached hydrogens (tertiary/aromatic N) is 3. The van der Waals surface area contributed by atoms with E-state index in [1.54, 1.807) is 6.20 Å². The number of aliphatic imine (C=N–C) groups is 1. The van der Waals surface area contributed by atoms with Gasteiger partial charge in [0.05, 0.1) is 11.8 Å². The highest BCUT2D eigenvalue weighted by Gasteiger charge is 2.06. The maximum absolute atomic E-state index is 10.3. The molecule has 152 valence electrons. The average molecular weight is 392 g/mol. The van der Waals surface area contributed by atoms with Crippen LogP contribution in [-0.4, -0.2) is 40.5 Å². The first kappa shape index (κ1) is 20.6. The van der Waals surface area contributed by atoms with E-state index in [-0.39, 0.29) is 0 Å². The first-order chi connectivity index (χ1) is 14.3. The summed E-state index contributed by atoms with van der Waals surface area (Å²) < 4.78 is 1.85. The lowest BCUT2D eigenvalue weighted by Gasteiger charge is -2.13. The maximum atomic E-state index is 10.3. The van der Waals surface area contributed by atoms with Crippen molar-refractivity contribution in [3.8, 4) is 5.69 Å². The van der Waals surface area contributed by atoms with Crippen molar-refractivity contribution < 1.29 is 5.11 Å². The molecule has 29 heavy (non-hydrogen) atoms. The van der Waals surface area contributed by atoms with Crippen LogP contribution in [0.4, 0.5) is 0 Å². The molecular weight excluding hydrogens is 362 g/mol. The Balaban J connectivity index is 1.45. The predicted octanol–water partition coefficient (Wildman–Crippen LogP) is 3.09. The van der Waals surface area contributed by atoms with Gasteiger partial charge in [0, 0.05) is 32.0 Å². The zero-order valence-electron chi connectivity index (χ0n) is 16.8. The van der Waals surface area contributed by atoms with Gasteiger partial charge in [-0.3, -0.25) is 4.99 Å². The molecule has 6 heteroatoms. The van der Waals surface area contributed by atoms with Crippen molar-refractivity contribution in [2.45, 2.75) is 25.9 Å². The Bertz CT molecular complexity index is 860. The molecule has 3 rings (SSSR count). The zero-order chi connectivity index (χ0) is 20.3. The van der Waals surface area contributed by atoms with Crippen molar-refractivity contribution >= 4 is 5.96 Å². The third kappa shape index (κ3) is 6.47. The number of hydrogen-bond acceptors (Lipinski definition) is 3. The first-order valence-electron chi connectivity index (χ1n) is 10.1. The van der Waals surface area contributed by atoms with Crippen LogP contribution in [0.1, 0.15) is 30.6 Å². The molecule has 3 aromatic rings. The minimum Gasteiger partial charge on any atom is -0.388 e. The van der Waals surface area contributed by atoms with Crippen molar-refractivity contribution in [2.75, 3.05) is 19.6 Å². The van der Waals surface area contributed by atoms with Gasteiger partial charge in [0.2, 0.25) is 0 Å². The van der Waals surface area contributed by atoms with Crippen LogP contribution in [0, 0.1) is 0 Å². The number of aliphatic hydroxyl groups is 1. The standard InChI is InChI=1S/C23H29N5O/c1-2-24-23(26-17-14-22(29)20-7-4-3-5-8-20)25-16-13-19-9-11-21(12-10-19)28-18-6-15-27-28/h3-12,15,18,22,29H,2,13-14,16-17H2,1H3,(H2,24,25,26). The summed E-state index contributed by atoms with van der Waals surface area (Å²) >= 11 is 0. The molecule has 0 aliphatic heterocycles. The topological polar surface area (TPSA) is 74.5 Å². The number of benzene rings is 2. The number of rotatable bonds is 9. The van der Waals surface area contributed by atoms with Crippen LogP contribution in [0.5, 0.6) is 0 Å². The Morgan fingerprint density at radius 2 is 1.86 bits per heavy atom. The van der Waals surface area contributed by atoms with Gasteiger partial charge in [-0.2, -0.15) is 5.10 Å². The summed E-state index contributed by atoms with van der Waals surface area (Å²) in [6, 6.07) is 20.0. The summed E-state index contributed by atoms with van der Waals surface area (Å²) in [5, 5.41) is 21.1. The molecule has 0 bridgehead atoms. The second-order valence-corrected chi connectivity index (χ2v) is 6.77. The normalized spacial score (nSPS) is 12.6. The Kier molecular flexibility index (Phi) is 7.83. The van der Waals surface area contributed by atoms with E-state index in [9.17, 15) is 5.11 Å². The van der Waals surface area contributed by atoms with Gasteiger partial charge in [0.1, 0.15) is 0 Å². The molecule has 0 fully saturated rings. The Labute approximate surface area is 172 Å². The third-order valence-corrected chi connectivity index (χ3v) is 4.61. The Hall–Kier alpha value is -3.12. The second-order valence-electron chi connectivity index (χ2n) is 6.77. The van der Waals surface area contributed by atoms with Gasteiger partial charge in [-0.15, -0.1) is 0 Å². The maximum Gasteiger partial charge on any atom is 0.191 e. The molecule has 3 N–H and O–H groups in total. The number of aromatic nitrogens is 2. The lowest BCUT2D eigenvalue weighted by molar-refractivity contribution is 0.170. The highest BCUT2D eigenvalue weighted by atomic mass is 16.3. The highest BCUT2D eigenvalue weighted by molar-refractivity contribution is 5.79. The SMILES string of the molecule is CCNC(=NCCC(O)c1ccccc1)NCCc1ccc(-n2cccn2)cc1. The van der Waals surface area contributed by atoms with E-state index in [1.807, 2.05) is 54.2 Å². The second kappa shape index (κ2) is 11.0. The van der Waals surface area contributed by atoms with Gasteiger partial charge in [-0.05, 0) is 49.1 Å². The molecule has 6 nitrogen and oxygen atoms in total. The molecule has 0 saturated heterocycles. The van der Waals surface area contributed by atoms with Gasteiger partial charge in [-0.1, -0.05) is 42.5 Å². The molecule has 1 aromatic heterocycles.